The predicted octanol–water partition coefficient (Wildman–Crippen LogP) is 2.63. The number of carbonyl (C=O) groups excluding carboxylic acids is 3. The number of aryl methyl sites for hydroxylation is 1. The Labute approximate surface area is 170 Å². The van der Waals surface area contributed by atoms with Crippen molar-refractivity contribution in [1.29, 1.82) is 0 Å². The maximum absolute atomic E-state index is 12.2. The van der Waals surface area contributed by atoms with Crippen molar-refractivity contribution in [3.8, 4) is 0 Å². The van der Waals surface area contributed by atoms with E-state index in [2.05, 4.69) is 10.6 Å². The molecule has 1 heterocycles. The molecule has 0 bridgehead atoms. The highest BCUT2D eigenvalue weighted by atomic mass is 16.2. The zero-order valence-electron chi connectivity index (χ0n) is 16.8. The first kappa shape index (κ1) is 20.5. The fraction of sp³-hybridized carbons (Fsp3) is 0.318. The monoisotopic (exact) mass is 394 g/mol. The Hall–Kier alpha value is -3.19. The smallest absolute Gasteiger partial charge is 0.238 e. The molecule has 7 heteroatoms. The molecule has 3 amide bonds. The summed E-state index contributed by atoms with van der Waals surface area (Å²) in [6, 6.07) is 14.8. The van der Waals surface area contributed by atoms with E-state index < -0.39 is 0 Å². The van der Waals surface area contributed by atoms with Gasteiger partial charge in [0.15, 0.2) is 0 Å². The van der Waals surface area contributed by atoms with E-state index in [-0.39, 0.29) is 30.8 Å². The van der Waals surface area contributed by atoms with Gasteiger partial charge in [0.2, 0.25) is 17.7 Å². The first-order valence-corrected chi connectivity index (χ1v) is 9.66. The van der Waals surface area contributed by atoms with Gasteiger partial charge in [-0.15, -0.1) is 0 Å². The van der Waals surface area contributed by atoms with Gasteiger partial charge in [0.05, 0.1) is 13.1 Å². The van der Waals surface area contributed by atoms with Crippen molar-refractivity contribution in [3.63, 3.8) is 0 Å². The lowest BCUT2D eigenvalue weighted by Gasteiger charge is -2.17. The molecule has 1 saturated heterocycles. The van der Waals surface area contributed by atoms with Crippen molar-refractivity contribution in [2.24, 2.45) is 0 Å². The standard InChI is InChI=1S/C22H26N4O3/c1-16-5-7-17(8-6-16)23-20(27)14-25(2)15-21(28)24-18-9-11-19(12-10-18)26-13-3-4-22(26)29/h5-12H,3-4,13-15H2,1-2H3,(H,23,27)(H,24,28). The minimum Gasteiger partial charge on any atom is -0.325 e. The van der Waals surface area contributed by atoms with Crippen LogP contribution in [0.1, 0.15) is 18.4 Å². The van der Waals surface area contributed by atoms with Crippen LogP contribution in [0.5, 0.6) is 0 Å². The molecule has 0 aromatic heterocycles. The van der Waals surface area contributed by atoms with Crippen LogP contribution < -0.4 is 15.5 Å². The van der Waals surface area contributed by atoms with Gasteiger partial charge in [0.1, 0.15) is 0 Å². The lowest BCUT2D eigenvalue weighted by Crippen LogP contribution is -2.36. The van der Waals surface area contributed by atoms with Crippen molar-refractivity contribution in [2.45, 2.75) is 19.8 Å². The van der Waals surface area contributed by atoms with Gasteiger partial charge in [0, 0.05) is 30.0 Å². The molecule has 0 aliphatic carbocycles. The number of hydrogen-bond acceptors (Lipinski definition) is 4. The summed E-state index contributed by atoms with van der Waals surface area (Å²) >= 11 is 0. The number of likely N-dealkylation sites (N-methyl/N-ethyl adjacent to an activating group) is 1. The molecule has 1 aliphatic rings. The summed E-state index contributed by atoms with van der Waals surface area (Å²) in [5.41, 5.74) is 3.35. The lowest BCUT2D eigenvalue weighted by atomic mass is 10.2. The first-order chi connectivity index (χ1) is 13.9. The summed E-state index contributed by atoms with van der Waals surface area (Å²) < 4.78 is 0. The summed E-state index contributed by atoms with van der Waals surface area (Å²) in [6.07, 6.45) is 1.46. The molecule has 0 spiro atoms. The number of anilines is 3. The van der Waals surface area contributed by atoms with Gasteiger partial charge in [-0.25, -0.2) is 0 Å². The van der Waals surface area contributed by atoms with E-state index in [1.807, 2.05) is 43.3 Å². The Kier molecular flexibility index (Phi) is 6.61. The second-order valence-corrected chi connectivity index (χ2v) is 7.33. The van der Waals surface area contributed by atoms with E-state index in [0.29, 0.717) is 12.1 Å². The molecule has 3 rings (SSSR count). The van der Waals surface area contributed by atoms with E-state index in [1.54, 1.807) is 29.0 Å². The fourth-order valence-electron chi connectivity index (χ4n) is 3.23. The number of hydrogen-bond donors (Lipinski definition) is 2. The minimum atomic E-state index is -0.208. The van der Waals surface area contributed by atoms with Gasteiger partial charge >= 0.3 is 0 Å². The maximum Gasteiger partial charge on any atom is 0.238 e. The Balaban J connectivity index is 1.45. The van der Waals surface area contributed by atoms with Crippen LogP contribution in [0.25, 0.3) is 0 Å². The van der Waals surface area contributed by atoms with Crippen LogP contribution in [0.15, 0.2) is 48.5 Å². The van der Waals surface area contributed by atoms with Crippen molar-refractivity contribution >= 4 is 34.8 Å². The molecule has 0 radical (unpaired) electrons. The normalized spacial score (nSPS) is 13.6. The van der Waals surface area contributed by atoms with Crippen molar-refractivity contribution in [1.82, 2.24) is 4.90 Å². The quantitative estimate of drug-likeness (QED) is 0.756. The van der Waals surface area contributed by atoms with Crippen LogP contribution in [0.2, 0.25) is 0 Å². The number of nitrogens with one attached hydrogen (secondary N) is 2. The number of carbonyl (C=O) groups is 3. The second kappa shape index (κ2) is 9.34. The summed E-state index contributed by atoms with van der Waals surface area (Å²) in [7, 11) is 1.72. The van der Waals surface area contributed by atoms with E-state index in [4.69, 9.17) is 0 Å². The third-order valence-electron chi connectivity index (χ3n) is 4.70. The van der Waals surface area contributed by atoms with Crippen LogP contribution in [-0.2, 0) is 14.4 Å². The molecule has 2 N–H and O–H groups in total. The zero-order chi connectivity index (χ0) is 20.8. The molecule has 29 heavy (non-hydrogen) atoms. The van der Waals surface area contributed by atoms with E-state index in [0.717, 1.165) is 29.9 Å². The highest BCUT2D eigenvalue weighted by Crippen LogP contribution is 2.23. The minimum absolute atomic E-state index is 0.0910. The fourth-order valence-corrected chi connectivity index (χ4v) is 3.23. The van der Waals surface area contributed by atoms with Crippen molar-refractivity contribution < 1.29 is 14.4 Å². The van der Waals surface area contributed by atoms with Crippen LogP contribution in [-0.4, -0.2) is 49.3 Å². The second-order valence-electron chi connectivity index (χ2n) is 7.33. The number of benzene rings is 2. The maximum atomic E-state index is 12.2. The number of rotatable bonds is 7. The third kappa shape index (κ3) is 5.89. The topological polar surface area (TPSA) is 81.8 Å². The highest BCUT2D eigenvalue weighted by molar-refractivity contribution is 5.97. The molecule has 0 saturated carbocycles. The lowest BCUT2D eigenvalue weighted by molar-refractivity contribution is -0.119. The molecular formula is C22H26N4O3. The Morgan fingerprint density at radius 3 is 1.93 bits per heavy atom. The molecule has 152 valence electrons. The molecule has 0 unspecified atom stereocenters. The molecule has 2 aromatic rings. The molecular weight excluding hydrogens is 368 g/mol. The van der Waals surface area contributed by atoms with Gasteiger partial charge in [0.25, 0.3) is 0 Å². The van der Waals surface area contributed by atoms with Gasteiger partial charge in [-0.3, -0.25) is 19.3 Å². The molecule has 2 aromatic carbocycles. The Bertz CT molecular complexity index is 878. The summed E-state index contributed by atoms with van der Waals surface area (Å²) in [4.78, 5) is 39.6. The van der Waals surface area contributed by atoms with Crippen LogP contribution >= 0.6 is 0 Å². The van der Waals surface area contributed by atoms with E-state index in [1.165, 1.54) is 0 Å². The molecule has 0 atom stereocenters. The third-order valence-corrected chi connectivity index (χ3v) is 4.70. The van der Waals surface area contributed by atoms with Crippen molar-refractivity contribution in [2.75, 3.05) is 42.2 Å². The van der Waals surface area contributed by atoms with Gasteiger partial charge in [-0.1, -0.05) is 17.7 Å². The average molecular weight is 394 g/mol. The van der Waals surface area contributed by atoms with E-state index in [9.17, 15) is 14.4 Å². The SMILES string of the molecule is Cc1ccc(NC(=O)CN(C)CC(=O)Nc2ccc(N3CCCC3=O)cc2)cc1. The number of nitrogens with zero attached hydrogens (tertiary/aromatic N) is 2. The average Bonchev–Trinajstić information content (AvgIpc) is 3.10. The predicted molar refractivity (Wildman–Crippen MR) is 114 cm³/mol. The Morgan fingerprint density at radius 1 is 0.931 bits per heavy atom. The largest absolute Gasteiger partial charge is 0.325 e. The van der Waals surface area contributed by atoms with Crippen LogP contribution in [0, 0.1) is 6.92 Å². The van der Waals surface area contributed by atoms with Crippen LogP contribution in [0.3, 0.4) is 0 Å². The summed E-state index contributed by atoms with van der Waals surface area (Å²) in [5.74, 6) is -0.253. The van der Waals surface area contributed by atoms with Crippen molar-refractivity contribution in [3.05, 3.63) is 54.1 Å². The number of amides is 3. The zero-order valence-corrected chi connectivity index (χ0v) is 16.8. The molecule has 1 fully saturated rings. The van der Waals surface area contributed by atoms with Gasteiger partial charge in [-0.05, 0) is 56.8 Å². The highest BCUT2D eigenvalue weighted by Gasteiger charge is 2.21. The summed E-state index contributed by atoms with van der Waals surface area (Å²) in [5, 5.41) is 5.63. The Morgan fingerprint density at radius 2 is 1.45 bits per heavy atom. The molecule has 7 nitrogen and oxygen atoms in total. The molecule has 1 aliphatic heterocycles. The van der Waals surface area contributed by atoms with E-state index >= 15 is 0 Å². The van der Waals surface area contributed by atoms with Gasteiger partial charge in [-0.2, -0.15) is 0 Å². The summed E-state index contributed by atoms with van der Waals surface area (Å²) in [6.45, 7) is 2.92. The van der Waals surface area contributed by atoms with Crippen LogP contribution in [0.4, 0.5) is 17.1 Å². The van der Waals surface area contributed by atoms with Gasteiger partial charge < -0.3 is 15.5 Å². The first-order valence-electron chi connectivity index (χ1n) is 9.66.